The van der Waals surface area contributed by atoms with E-state index < -0.39 is 5.60 Å². The largest absolute Gasteiger partial charge is 0.384 e. The second kappa shape index (κ2) is 6.88. The first-order chi connectivity index (χ1) is 12.9. The van der Waals surface area contributed by atoms with Crippen molar-refractivity contribution < 1.29 is 9.90 Å². The number of anilines is 2. The summed E-state index contributed by atoms with van der Waals surface area (Å²) >= 11 is 0. The molecule has 0 radical (unpaired) electrons. The average Bonchev–Trinajstić information content (AvgIpc) is 3.14. The van der Waals surface area contributed by atoms with Crippen LogP contribution in [0.15, 0.2) is 24.5 Å². The summed E-state index contributed by atoms with van der Waals surface area (Å²) in [5.74, 6) is 1.82. The molecule has 0 atom stereocenters. The highest BCUT2D eigenvalue weighted by Crippen LogP contribution is 2.32. The highest BCUT2D eigenvalue weighted by Gasteiger charge is 2.28. The minimum Gasteiger partial charge on any atom is -0.384 e. The summed E-state index contributed by atoms with van der Waals surface area (Å²) in [6, 6.07) is 3.69. The third kappa shape index (κ3) is 3.78. The van der Waals surface area contributed by atoms with Crippen molar-refractivity contribution >= 4 is 17.5 Å². The lowest BCUT2D eigenvalue weighted by Crippen LogP contribution is -2.41. The van der Waals surface area contributed by atoms with Crippen molar-refractivity contribution in [1.82, 2.24) is 15.0 Å². The van der Waals surface area contributed by atoms with Crippen molar-refractivity contribution in [2.75, 3.05) is 23.3 Å². The van der Waals surface area contributed by atoms with Crippen LogP contribution in [0.5, 0.6) is 0 Å². The van der Waals surface area contributed by atoms with Crippen LogP contribution in [0.2, 0.25) is 0 Å². The zero-order valence-corrected chi connectivity index (χ0v) is 15.8. The van der Waals surface area contributed by atoms with E-state index >= 15 is 0 Å². The SMILES string of the molecule is CC(C)(O)c1ccc(-c2cnc3c(n2)N(CC2CCCC2)CC(=O)N3)cn1. The molecule has 1 saturated carbocycles. The van der Waals surface area contributed by atoms with Crippen LogP contribution < -0.4 is 10.2 Å². The molecule has 1 amide bonds. The quantitative estimate of drug-likeness (QED) is 0.863. The first-order valence-electron chi connectivity index (χ1n) is 9.51. The van der Waals surface area contributed by atoms with Crippen LogP contribution in [0.25, 0.3) is 11.3 Å². The summed E-state index contributed by atoms with van der Waals surface area (Å²) < 4.78 is 0. The molecule has 0 bridgehead atoms. The molecule has 0 aromatic carbocycles. The van der Waals surface area contributed by atoms with Gasteiger partial charge < -0.3 is 15.3 Å². The molecule has 1 aliphatic heterocycles. The van der Waals surface area contributed by atoms with Gasteiger partial charge in [-0.1, -0.05) is 12.8 Å². The number of carbonyl (C=O) groups is 1. The van der Waals surface area contributed by atoms with Gasteiger partial charge in [-0.3, -0.25) is 9.78 Å². The zero-order valence-electron chi connectivity index (χ0n) is 15.8. The molecule has 7 nitrogen and oxygen atoms in total. The lowest BCUT2D eigenvalue weighted by atomic mass is 10.0. The number of aliphatic hydroxyl groups is 1. The average molecular weight is 367 g/mol. The van der Waals surface area contributed by atoms with Gasteiger partial charge in [-0.05, 0) is 44.7 Å². The first-order valence-corrected chi connectivity index (χ1v) is 9.51. The maximum absolute atomic E-state index is 12.0. The van der Waals surface area contributed by atoms with Crippen LogP contribution >= 0.6 is 0 Å². The maximum Gasteiger partial charge on any atom is 0.245 e. The van der Waals surface area contributed by atoms with Crippen LogP contribution in [0.3, 0.4) is 0 Å². The topological polar surface area (TPSA) is 91.2 Å². The Morgan fingerprint density at radius 3 is 2.67 bits per heavy atom. The van der Waals surface area contributed by atoms with Crippen molar-refractivity contribution in [2.45, 2.75) is 45.1 Å². The molecule has 142 valence electrons. The predicted octanol–water partition coefficient (Wildman–Crippen LogP) is 2.71. The summed E-state index contributed by atoms with van der Waals surface area (Å²) in [5.41, 5.74) is 1.15. The van der Waals surface area contributed by atoms with E-state index in [1.54, 1.807) is 32.3 Å². The molecule has 0 unspecified atom stereocenters. The molecular formula is C20H25N5O2. The Labute approximate surface area is 158 Å². The van der Waals surface area contributed by atoms with E-state index in [1.807, 2.05) is 6.07 Å². The van der Waals surface area contributed by atoms with E-state index in [1.165, 1.54) is 25.7 Å². The highest BCUT2D eigenvalue weighted by atomic mass is 16.3. The van der Waals surface area contributed by atoms with Gasteiger partial charge >= 0.3 is 0 Å². The fraction of sp³-hybridized carbons (Fsp3) is 0.500. The molecule has 0 saturated heterocycles. The summed E-state index contributed by atoms with van der Waals surface area (Å²) in [6.07, 6.45) is 8.31. The second-order valence-electron chi connectivity index (χ2n) is 8.00. The number of pyridine rings is 1. The van der Waals surface area contributed by atoms with E-state index in [0.29, 0.717) is 29.7 Å². The minimum absolute atomic E-state index is 0.0428. The van der Waals surface area contributed by atoms with Crippen molar-refractivity contribution in [3.63, 3.8) is 0 Å². The van der Waals surface area contributed by atoms with Crippen LogP contribution in [-0.4, -0.2) is 39.1 Å². The molecule has 2 N–H and O–H groups in total. The smallest absolute Gasteiger partial charge is 0.245 e. The molecule has 2 aromatic heterocycles. The van der Waals surface area contributed by atoms with Crippen molar-refractivity contribution in [3.8, 4) is 11.3 Å². The lowest BCUT2D eigenvalue weighted by Gasteiger charge is -2.31. The first kappa shape index (κ1) is 17.9. The number of carbonyl (C=O) groups excluding carboxylic acids is 1. The molecular weight excluding hydrogens is 342 g/mol. The Morgan fingerprint density at radius 2 is 2.00 bits per heavy atom. The fourth-order valence-corrected chi connectivity index (χ4v) is 3.81. The van der Waals surface area contributed by atoms with E-state index in [0.717, 1.165) is 17.9 Å². The lowest BCUT2D eigenvalue weighted by molar-refractivity contribution is -0.115. The van der Waals surface area contributed by atoms with Crippen LogP contribution in [0.1, 0.15) is 45.2 Å². The van der Waals surface area contributed by atoms with Gasteiger partial charge in [0.15, 0.2) is 11.6 Å². The number of fused-ring (bicyclic) bond motifs is 1. The molecule has 2 aromatic rings. The molecule has 4 rings (SSSR count). The van der Waals surface area contributed by atoms with Gasteiger partial charge in [0.2, 0.25) is 5.91 Å². The van der Waals surface area contributed by atoms with Gasteiger partial charge in [0.05, 0.1) is 24.1 Å². The van der Waals surface area contributed by atoms with Crippen LogP contribution in [-0.2, 0) is 10.4 Å². The normalized spacial score (nSPS) is 17.7. The summed E-state index contributed by atoms with van der Waals surface area (Å²) in [5, 5.41) is 12.9. The number of nitrogens with one attached hydrogen (secondary N) is 1. The molecule has 27 heavy (non-hydrogen) atoms. The van der Waals surface area contributed by atoms with E-state index in [9.17, 15) is 9.90 Å². The molecule has 3 heterocycles. The standard InChI is InChI=1S/C20H25N5O2/c1-20(2,27)16-8-7-14(9-21-16)15-10-22-18-19(23-15)25(12-17(26)24-18)11-13-5-3-4-6-13/h7-10,13,27H,3-6,11-12H2,1-2H3,(H,22,24,26). The van der Waals surface area contributed by atoms with Gasteiger partial charge in [-0.25, -0.2) is 9.97 Å². The number of hydrogen-bond acceptors (Lipinski definition) is 6. The second-order valence-corrected chi connectivity index (χ2v) is 8.00. The Balaban J connectivity index is 1.63. The van der Waals surface area contributed by atoms with Gasteiger partial charge in [-0.2, -0.15) is 0 Å². The van der Waals surface area contributed by atoms with Crippen molar-refractivity contribution in [3.05, 3.63) is 30.2 Å². The monoisotopic (exact) mass is 367 g/mol. The minimum atomic E-state index is -0.984. The fourth-order valence-electron chi connectivity index (χ4n) is 3.81. The van der Waals surface area contributed by atoms with Crippen molar-refractivity contribution in [2.24, 2.45) is 5.92 Å². The Bertz CT molecular complexity index is 838. The van der Waals surface area contributed by atoms with Gasteiger partial charge in [0.1, 0.15) is 5.60 Å². The highest BCUT2D eigenvalue weighted by molar-refractivity contribution is 5.99. The number of hydrogen-bond donors (Lipinski definition) is 2. The Hall–Kier alpha value is -2.54. The molecule has 7 heteroatoms. The van der Waals surface area contributed by atoms with E-state index in [2.05, 4.69) is 20.2 Å². The van der Waals surface area contributed by atoms with E-state index in [4.69, 9.17) is 4.98 Å². The number of amides is 1. The molecule has 0 spiro atoms. The number of aromatic nitrogens is 3. The zero-order chi connectivity index (χ0) is 19.0. The number of nitrogens with zero attached hydrogens (tertiary/aromatic N) is 4. The predicted molar refractivity (Wildman–Crippen MR) is 103 cm³/mol. The Morgan fingerprint density at radius 1 is 1.22 bits per heavy atom. The van der Waals surface area contributed by atoms with Gasteiger partial charge in [0.25, 0.3) is 0 Å². The van der Waals surface area contributed by atoms with Crippen LogP contribution in [0.4, 0.5) is 11.6 Å². The summed E-state index contributed by atoms with van der Waals surface area (Å²) in [6.45, 7) is 4.57. The van der Waals surface area contributed by atoms with Crippen LogP contribution in [0, 0.1) is 5.92 Å². The molecule has 1 aliphatic carbocycles. The maximum atomic E-state index is 12.0. The Kier molecular flexibility index (Phi) is 4.55. The van der Waals surface area contributed by atoms with Gasteiger partial charge in [0, 0.05) is 18.3 Å². The summed E-state index contributed by atoms with van der Waals surface area (Å²) in [7, 11) is 0. The summed E-state index contributed by atoms with van der Waals surface area (Å²) in [4.78, 5) is 27.7. The molecule has 1 fully saturated rings. The number of rotatable bonds is 4. The molecule has 2 aliphatic rings. The van der Waals surface area contributed by atoms with Crippen molar-refractivity contribution in [1.29, 1.82) is 0 Å². The third-order valence-corrected chi connectivity index (χ3v) is 5.29. The van der Waals surface area contributed by atoms with E-state index in [-0.39, 0.29) is 5.91 Å². The third-order valence-electron chi connectivity index (χ3n) is 5.29. The van der Waals surface area contributed by atoms with Gasteiger partial charge in [-0.15, -0.1) is 0 Å².